The summed E-state index contributed by atoms with van der Waals surface area (Å²) in [5, 5.41) is 5.47. The molecule has 0 heterocycles. The van der Waals surface area contributed by atoms with E-state index < -0.39 is 21.7 Å². The Kier molecular flexibility index (Phi) is 6.17. The minimum atomic E-state index is -3.35. The number of hydrogen-bond acceptors (Lipinski definition) is 5. The fourth-order valence-electron chi connectivity index (χ4n) is 2.74. The second-order valence-electron chi connectivity index (χ2n) is 6.48. The third-order valence-corrected chi connectivity index (χ3v) is 5.42. The third kappa shape index (κ3) is 5.03. The summed E-state index contributed by atoms with van der Waals surface area (Å²) in [4.78, 5) is 25.4. The summed E-state index contributed by atoms with van der Waals surface area (Å²) in [5.74, 6) is -0.254. The van der Waals surface area contributed by atoms with Gasteiger partial charge in [-0.15, -0.1) is 0 Å². The predicted molar refractivity (Wildman–Crippen MR) is 115 cm³/mol. The highest BCUT2D eigenvalue weighted by Gasteiger charge is 2.15. The number of amides is 2. The van der Waals surface area contributed by atoms with Gasteiger partial charge < -0.3 is 15.4 Å². The van der Waals surface area contributed by atoms with Crippen LogP contribution in [0.2, 0.25) is 0 Å². The second kappa shape index (κ2) is 8.79. The second-order valence-corrected chi connectivity index (χ2v) is 8.50. The number of methoxy groups -OCH3 is 1. The lowest BCUT2D eigenvalue weighted by molar-refractivity contribution is 0.102. The molecule has 3 rings (SSSR count). The molecule has 0 spiro atoms. The van der Waals surface area contributed by atoms with Crippen molar-refractivity contribution in [3.05, 3.63) is 83.9 Å². The summed E-state index contributed by atoms with van der Waals surface area (Å²) in [6.07, 6.45) is 1.10. The molecule has 0 aliphatic heterocycles. The highest BCUT2D eigenvalue weighted by molar-refractivity contribution is 7.90. The molecule has 0 atom stereocenters. The van der Waals surface area contributed by atoms with Crippen molar-refractivity contribution >= 4 is 33.0 Å². The molecule has 0 aliphatic rings. The first-order chi connectivity index (χ1) is 14.3. The first-order valence-electron chi connectivity index (χ1n) is 8.94. The number of rotatable bonds is 6. The molecule has 0 saturated heterocycles. The van der Waals surface area contributed by atoms with E-state index in [4.69, 9.17) is 4.74 Å². The fraction of sp³-hybridized carbons (Fsp3) is 0.0909. The summed E-state index contributed by atoms with van der Waals surface area (Å²) in [6.45, 7) is 0. The predicted octanol–water partition coefficient (Wildman–Crippen LogP) is 3.60. The van der Waals surface area contributed by atoms with Crippen molar-refractivity contribution in [2.75, 3.05) is 24.0 Å². The van der Waals surface area contributed by atoms with Crippen LogP contribution in [0.3, 0.4) is 0 Å². The van der Waals surface area contributed by atoms with Gasteiger partial charge in [-0.2, -0.15) is 0 Å². The van der Waals surface area contributed by atoms with E-state index in [2.05, 4.69) is 10.6 Å². The minimum absolute atomic E-state index is 0.122. The van der Waals surface area contributed by atoms with Crippen molar-refractivity contribution in [3.63, 3.8) is 0 Å². The van der Waals surface area contributed by atoms with Gasteiger partial charge in [0.1, 0.15) is 5.75 Å². The highest BCUT2D eigenvalue weighted by Crippen LogP contribution is 2.21. The summed E-state index contributed by atoms with van der Waals surface area (Å²) >= 11 is 0. The van der Waals surface area contributed by atoms with E-state index in [-0.39, 0.29) is 16.0 Å². The van der Waals surface area contributed by atoms with Gasteiger partial charge in [0.25, 0.3) is 11.8 Å². The van der Waals surface area contributed by atoms with E-state index in [0.717, 1.165) is 6.26 Å². The lowest BCUT2D eigenvalue weighted by Gasteiger charge is -2.12. The molecular weight excluding hydrogens is 404 g/mol. The number of hydrogen-bond donors (Lipinski definition) is 2. The van der Waals surface area contributed by atoms with E-state index in [0.29, 0.717) is 17.1 Å². The van der Waals surface area contributed by atoms with Gasteiger partial charge in [-0.1, -0.05) is 18.2 Å². The number of benzene rings is 3. The molecule has 7 nitrogen and oxygen atoms in total. The normalized spacial score (nSPS) is 10.9. The maximum atomic E-state index is 12.7. The van der Waals surface area contributed by atoms with Crippen molar-refractivity contribution in [1.82, 2.24) is 0 Å². The lowest BCUT2D eigenvalue weighted by Crippen LogP contribution is -2.18. The molecule has 0 radical (unpaired) electrons. The Hall–Kier alpha value is -3.65. The van der Waals surface area contributed by atoms with Crippen LogP contribution in [-0.2, 0) is 9.84 Å². The Bertz CT molecular complexity index is 1190. The Balaban J connectivity index is 1.79. The van der Waals surface area contributed by atoms with Crippen LogP contribution in [0.1, 0.15) is 20.7 Å². The number of carbonyl (C=O) groups excluding carboxylic acids is 2. The maximum absolute atomic E-state index is 12.7. The van der Waals surface area contributed by atoms with E-state index in [1.807, 2.05) is 0 Å². The molecule has 0 unspecified atom stereocenters. The van der Waals surface area contributed by atoms with Crippen molar-refractivity contribution in [2.45, 2.75) is 4.90 Å². The van der Waals surface area contributed by atoms with Crippen LogP contribution >= 0.6 is 0 Å². The molecule has 30 heavy (non-hydrogen) atoms. The molecule has 2 N–H and O–H groups in total. The zero-order valence-electron chi connectivity index (χ0n) is 16.4. The van der Waals surface area contributed by atoms with Gasteiger partial charge in [-0.05, 0) is 48.5 Å². The average molecular weight is 424 g/mol. The largest absolute Gasteiger partial charge is 0.497 e. The molecular formula is C22H20N2O5S. The Morgan fingerprint density at radius 3 is 2.20 bits per heavy atom. The van der Waals surface area contributed by atoms with Crippen LogP contribution in [0.25, 0.3) is 0 Å². The average Bonchev–Trinajstić information content (AvgIpc) is 2.73. The number of sulfone groups is 1. The first kappa shape index (κ1) is 21.1. The third-order valence-electron chi connectivity index (χ3n) is 4.29. The van der Waals surface area contributed by atoms with Crippen molar-refractivity contribution in [2.24, 2.45) is 0 Å². The van der Waals surface area contributed by atoms with Crippen LogP contribution in [0.5, 0.6) is 5.75 Å². The summed E-state index contributed by atoms with van der Waals surface area (Å²) in [6, 6.07) is 19.1. The van der Waals surface area contributed by atoms with Crippen molar-refractivity contribution in [3.8, 4) is 5.75 Å². The fourth-order valence-corrected chi connectivity index (χ4v) is 3.37. The molecule has 0 aromatic heterocycles. The molecule has 154 valence electrons. The molecule has 3 aromatic carbocycles. The SMILES string of the molecule is COc1cccc(NC(=O)c2ccccc2NC(=O)c2ccc(S(C)(=O)=O)cc2)c1. The molecule has 0 saturated carbocycles. The lowest BCUT2D eigenvalue weighted by atomic mass is 10.1. The zero-order chi connectivity index (χ0) is 21.7. The van der Waals surface area contributed by atoms with Crippen LogP contribution in [0.4, 0.5) is 11.4 Å². The number of carbonyl (C=O) groups is 2. The van der Waals surface area contributed by atoms with Gasteiger partial charge in [-0.3, -0.25) is 9.59 Å². The van der Waals surface area contributed by atoms with Crippen LogP contribution in [0.15, 0.2) is 77.7 Å². The highest BCUT2D eigenvalue weighted by atomic mass is 32.2. The van der Waals surface area contributed by atoms with E-state index >= 15 is 0 Å². The maximum Gasteiger partial charge on any atom is 0.257 e. The summed E-state index contributed by atoms with van der Waals surface area (Å²) in [7, 11) is -1.81. The number of para-hydroxylation sites is 1. The number of ether oxygens (including phenoxy) is 1. The van der Waals surface area contributed by atoms with E-state index in [1.54, 1.807) is 48.5 Å². The van der Waals surface area contributed by atoms with E-state index in [9.17, 15) is 18.0 Å². The minimum Gasteiger partial charge on any atom is -0.497 e. The van der Waals surface area contributed by atoms with Crippen LogP contribution in [-0.4, -0.2) is 33.6 Å². The van der Waals surface area contributed by atoms with Gasteiger partial charge in [0.05, 0.1) is 23.3 Å². The number of nitrogens with one attached hydrogen (secondary N) is 2. The summed E-state index contributed by atoms with van der Waals surface area (Å²) in [5.41, 5.74) is 1.43. The summed E-state index contributed by atoms with van der Waals surface area (Å²) < 4.78 is 28.3. The van der Waals surface area contributed by atoms with Gasteiger partial charge in [0, 0.05) is 23.6 Å². The monoisotopic (exact) mass is 424 g/mol. The molecule has 0 fully saturated rings. The van der Waals surface area contributed by atoms with Gasteiger partial charge in [0.2, 0.25) is 0 Å². The molecule has 0 bridgehead atoms. The quantitative estimate of drug-likeness (QED) is 0.630. The Morgan fingerprint density at radius 2 is 1.53 bits per heavy atom. The first-order valence-corrected chi connectivity index (χ1v) is 10.8. The van der Waals surface area contributed by atoms with Crippen LogP contribution in [0, 0.1) is 0 Å². The molecule has 3 aromatic rings. The van der Waals surface area contributed by atoms with Crippen molar-refractivity contribution in [1.29, 1.82) is 0 Å². The Labute approximate surface area is 174 Å². The van der Waals surface area contributed by atoms with E-state index in [1.165, 1.54) is 31.4 Å². The van der Waals surface area contributed by atoms with Gasteiger partial charge >= 0.3 is 0 Å². The topological polar surface area (TPSA) is 102 Å². The van der Waals surface area contributed by atoms with Crippen LogP contribution < -0.4 is 15.4 Å². The molecule has 0 aliphatic carbocycles. The smallest absolute Gasteiger partial charge is 0.257 e. The number of anilines is 2. The molecule has 8 heteroatoms. The Morgan fingerprint density at radius 1 is 0.833 bits per heavy atom. The van der Waals surface area contributed by atoms with Gasteiger partial charge in [-0.25, -0.2) is 8.42 Å². The van der Waals surface area contributed by atoms with Gasteiger partial charge in [0.15, 0.2) is 9.84 Å². The molecule has 2 amide bonds. The zero-order valence-corrected chi connectivity index (χ0v) is 17.2. The van der Waals surface area contributed by atoms with Crippen molar-refractivity contribution < 1.29 is 22.7 Å². The standard InChI is InChI=1S/C22H20N2O5S/c1-29-17-7-5-6-16(14-17)23-22(26)19-8-3-4-9-20(19)24-21(25)15-10-12-18(13-11-15)30(2,27)28/h3-14H,1-2H3,(H,23,26)(H,24,25).